The van der Waals surface area contributed by atoms with E-state index in [2.05, 4.69) is 19.9 Å². The molecule has 0 aliphatic heterocycles. The first-order valence-corrected chi connectivity index (χ1v) is 6.83. The highest BCUT2D eigenvalue weighted by molar-refractivity contribution is 7.12. The Bertz CT molecular complexity index is 529. The van der Waals surface area contributed by atoms with Crippen LogP contribution in [-0.2, 0) is 0 Å². The first-order chi connectivity index (χ1) is 7.99. The first kappa shape index (κ1) is 12.9. The second-order valence-electron chi connectivity index (χ2n) is 4.03. The fourth-order valence-corrected chi connectivity index (χ4v) is 3.14. The molecule has 0 fully saturated rings. The molecular formula is C13H13Cl2NS. The summed E-state index contributed by atoms with van der Waals surface area (Å²) in [6.45, 7) is 4.18. The predicted octanol–water partition coefficient (Wildman–Crippen LogP) is 4.72. The van der Waals surface area contributed by atoms with Gasteiger partial charge < -0.3 is 5.73 Å². The van der Waals surface area contributed by atoms with E-state index in [1.807, 2.05) is 6.07 Å². The van der Waals surface area contributed by atoms with E-state index in [1.165, 1.54) is 10.4 Å². The lowest BCUT2D eigenvalue weighted by atomic mass is 10.1. The van der Waals surface area contributed by atoms with E-state index in [9.17, 15) is 0 Å². The summed E-state index contributed by atoms with van der Waals surface area (Å²) in [4.78, 5) is 2.40. The van der Waals surface area contributed by atoms with Crippen LogP contribution in [0.25, 0.3) is 0 Å². The number of halogens is 2. The number of benzene rings is 1. The van der Waals surface area contributed by atoms with E-state index in [-0.39, 0.29) is 6.04 Å². The predicted molar refractivity (Wildman–Crippen MR) is 76.3 cm³/mol. The SMILES string of the molecule is Cc1cc(C(N)c2cc(Cl)ccc2Cl)sc1C. The zero-order chi connectivity index (χ0) is 12.6. The highest BCUT2D eigenvalue weighted by Gasteiger charge is 2.15. The topological polar surface area (TPSA) is 26.0 Å². The van der Waals surface area contributed by atoms with E-state index in [1.54, 1.807) is 23.5 Å². The van der Waals surface area contributed by atoms with Gasteiger partial charge >= 0.3 is 0 Å². The Morgan fingerprint density at radius 2 is 1.88 bits per heavy atom. The molecule has 4 heteroatoms. The van der Waals surface area contributed by atoms with Crippen molar-refractivity contribution in [2.75, 3.05) is 0 Å². The van der Waals surface area contributed by atoms with Crippen LogP contribution < -0.4 is 5.73 Å². The van der Waals surface area contributed by atoms with E-state index in [0.29, 0.717) is 10.0 Å². The maximum absolute atomic E-state index is 6.24. The molecule has 0 bridgehead atoms. The zero-order valence-electron chi connectivity index (χ0n) is 9.63. The maximum Gasteiger partial charge on any atom is 0.0661 e. The summed E-state index contributed by atoms with van der Waals surface area (Å²) in [6.07, 6.45) is 0. The Hall–Kier alpha value is -0.540. The molecule has 1 aromatic heterocycles. The molecule has 90 valence electrons. The largest absolute Gasteiger partial charge is 0.320 e. The minimum atomic E-state index is -0.210. The average Bonchev–Trinajstić information content (AvgIpc) is 2.62. The van der Waals surface area contributed by atoms with E-state index < -0.39 is 0 Å². The molecule has 0 aliphatic carbocycles. The number of thiophene rings is 1. The van der Waals surface area contributed by atoms with Crippen LogP contribution in [-0.4, -0.2) is 0 Å². The van der Waals surface area contributed by atoms with E-state index in [4.69, 9.17) is 28.9 Å². The Balaban J connectivity index is 2.42. The molecule has 2 N–H and O–H groups in total. The molecule has 0 amide bonds. The molecular weight excluding hydrogens is 273 g/mol. The van der Waals surface area contributed by atoms with Crippen LogP contribution in [0, 0.1) is 13.8 Å². The average molecular weight is 286 g/mol. The number of rotatable bonds is 2. The lowest BCUT2D eigenvalue weighted by molar-refractivity contribution is 0.893. The third kappa shape index (κ3) is 2.66. The Morgan fingerprint density at radius 1 is 1.18 bits per heavy atom. The molecule has 0 saturated heterocycles. The number of hydrogen-bond donors (Lipinski definition) is 1. The van der Waals surface area contributed by atoms with Crippen LogP contribution in [0.5, 0.6) is 0 Å². The van der Waals surface area contributed by atoms with Gasteiger partial charge in [0.25, 0.3) is 0 Å². The lowest BCUT2D eigenvalue weighted by Crippen LogP contribution is -2.10. The van der Waals surface area contributed by atoms with Crippen molar-refractivity contribution in [3.8, 4) is 0 Å². The van der Waals surface area contributed by atoms with Crippen molar-refractivity contribution in [1.82, 2.24) is 0 Å². The summed E-state index contributed by atoms with van der Waals surface area (Å²) in [5, 5.41) is 1.32. The molecule has 0 aliphatic rings. The number of hydrogen-bond acceptors (Lipinski definition) is 2. The van der Waals surface area contributed by atoms with Gasteiger partial charge in [-0.25, -0.2) is 0 Å². The van der Waals surface area contributed by atoms with Crippen LogP contribution in [0.3, 0.4) is 0 Å². The van der Waals surface area contributed by atoms with Gasteiger partial charge in [-0.2, -0.15) is 0 Å². The molecule has 17 heavy (non-hydrogen) atoms. The van der Waals surface area contributed by atoms with Crippen LogP contribution in [0.1, 0.15) is 26.9 Å². The quantitative estimate of drug-likeness (QED) is 0.849. The molecule has 0 saturated carbocycles. The monoisotopic (exact) mass is 285 g/mol. The zero-order valence-corrected chi connectivity index (χ0v) is 12.0. The van der Waals surface area contributed by atoms with E-state index in [0.717, 1.165) is 10.4 Å². The highest BCUT2D eigenvalue weighted by Crippen LogP contribution is 2.33. The van der Waals surface area contributed by atoms with Crippen LogP contribution in [0.15, 0.2) is 24.3 Å². The molecule has 2 aromatic rings. The van der Waals surface area contributed by atoms with Gasteiger partial charge in [0.1, 0.15) is 0 Å². The standard InChI is InChI=1S/C13H13Cl2NS/c1-7-5-12(17-8(7)2)13(16)10-6-9(14)3-4-11(10)15/h3-6,13H,16H2,1-2H3. The maximum atomic E-state index is 6.24. The summed E-state index contributed by atoms with van der Waals surface area (Å²) >= 11 is 13.8. The van der Waals surface area contributed by atoms with Crippen molar-refractivity contribution in [3.63, 3.8) is 0 Å². The number of aryl methyl sites for hydroxylation is 2. The fraction of sp³-hybridized carbons (Fsp3) is 0.231. The molecule has 1 atom stereocenters. The summed E-state index contributed by atoms with van der Waals surface area (Å²) < 4.78 is 0. The fourth-order valence-electron chi connectivity index (χ4n) is 1.66. The van der Waals surface area contributed by atoms with Gasteiger partial charge in [-0.3, -0.25) is 0 Å². The van der Waals surface area contributed by atoms with Crippen molar-refractivity contribution in [3.05, 3.63) is 55.2 Å². The van der Waals surface area contributed by atoms with Gasteiger partial charge in [-0.1, -0.05) is 23.2 Å². The van der Waals surface area contributed by atoms with Gasteiger partial charge in [0, 0.05) is 19.8 Å². The van der Waals surface area contributed by atoms with Crippen molar-refractivity contribution >= 4 is 34.5 Å². The summed E-state index contributed by atoms with van der Waals surface area (Å²) in [5.74, 6) is 0. The Kier molecular flexibility index (Phi) is 3.79. The molecule has 2 rings (SSSR count). The van der Waals surface area contributed by atoms with Crippen LogP contribution in [0.2, 0.25) is 10.0 Å². The molecule has 1 aromatic carbocycles. The normalized spacial score (nSPS) is 12.8. The van der Waals surface area contributed by atoms with Gasteiger partial charge in [0.05, 0.1) is 6.04 Å². The Morgan fingerprint density at radius 3 is 2.47 bits per heavy atom. The highest BCUT2D eigenvalue weighted by atomic mass is 35.5. The van der Waals surface area contributed by atoms with Gasteiger partial charge in [0.15, 0.2) is 0 Å². The molecule has 1 nitrogen and oxygen atoms in total. The lowest BCUT2D eigenvalue weighted by Gasteiger charge is -2.12. The summed E-state index contributed by atoms with van der Waals surface area (Å²) in [6, 6.07) is 7.29. The van der Waals surface area contributed by atoms with E-state index >= 15 is 0 Å². The Labute approximate surface area is 115 Å². The minimum absolute atomic E-state index is 0.210. The molecule has 1 unspecified atom stereocenters. The van der Waals surface area contributed by atoms with Crippen LogP contribution >= 0.6 is 34.5 Å². The summed E-state index contributed by atoms with van der Waals surface area (Å²) in [5.41, 5.74) is 8.37. The first-order valence-electron chi connectivity index (χ1n) is 5.26. The van der Waals surface area contributed by atoms with Gasteiger partial charge in [0.2, 0.25) is 0 Å². The second kappa shape index (κ2) is 4.99. The van der Waals surface area contributed by atoms with Crippen molar-refractivity contribution in [2.24, 2.45) is 5.73 Å². The van der Waals surface area contributed by atoms with Crippen LogP contribution in [0.4, 0.5) is 0 Å². The minimum Gasteiger partial charge on any atom is -0.320 e. The summed E-state index contributed by atoms with van der Waals surface area (Å²) in [7, 11) is 0. The van der Waals surface area contributed by atoms with Crippen molar-refractivity contribution in [2.45, 2.75) is 19.9 Å². The smallest absolute Gasteiger partial charge is 0.0661 e. The number of nitrogens with two attached hydrogens (primary N) is 1. The van der Waals surface area contributed by atoms with Crippen molar-refractivity contribution in [1.29, 1.82) is 0 Å². The molecule has 0 spiro atoms. The van der Waals surface area contributed by atoms with Crippen molar-refractivity contribution < 1.29 is 0 Å². The van der Waals surface area contributed by atoms with Gasteiger partial charge in [-0.05, 0) is 49.2 Å². The third-order valence-electron chi connectivity index (χ3n) is 2.78. The molecule has 0 radical (unpaired) electrons. The second-order valence-corrected chi connectivity index (χ2v) is 6.16. The third-order valence-corrected chi connectivity index (χ3v) is 4.60. The molecule has 1 heterocycles. The van der Waals surface area contributed by atoms with Gasteiger partial charge in [-0.15, -0.1) is 11.3 Å².